The summed E-state index contributed by atoms with van der Waals surface area (Å²) in [4.78, 5) is 0. The number of methoxy groups -OCH3 is 1. The van der Waals surface area contributed by atoms with Crippen LogP contribution in [0.15, 0.2) is 48.5 Å². The molecule has 0 bridgehead atoms. The van der Waals surface area contributed by atoms with E-state index in [2.05, 4.69) is 42.7 Å². The average Bonchev–Trinajstić information content (AvgIpc) is 2.52. The third-order valence-corrected chi connectivity index (χ3v) is 3.54. The van der Waals surface area contributed by atoms with Crippen LogP contribution in [0.3, 0.4) is 0 Å². The van der Waals surface area contributed by atoms with Gasteiger partial charge in [-0.05, 0) is 41.7 Å². The SMILES string of the molecule is CCc1cccc(C(Cc2cccc(OC)c2)NN)c1. The Hall–Kier alpha value is -1.84. The summed E-state index contributed by atoms with van der Waals surface area (Å²) in [5, 5.41) is 0. The lowest BCUT2D eigenvalue weighted by atomic mass is 9.97. The number of hydrogen-bond donors (Lipinski definition) is 2. The number of hydrazine groups is 1. The molecule has 2 aromatic carbocycles. The maximum absolute atomic E-state index is 5.73. The number of ether oxygens (including phenoxy) is 1. The normalized spacial score (nSPS) is 12.2. The fourth-order valence-electron chi connectivity index (χ4n) is 2.34. The average molecular weight is 270 g/mol. The summed E-state index contributed by atoms with van der Waals surface area (Å²) >= 11 is 0. The second-order valence-corrected chi connectivity index (χ2v) is 4.87. The summed E-state index contributed by atoms with van der Waals surface area (Å²) in [5.74, 6) is 6.61. The van der Waals surface area contributed by atoms with Crippen molar-refractivity contribution in [2.75, 3.05) is 7.11 Å². The predicted octanol–water partition coefficient (Wildman–Crippen LogP) is 3.00. The van der Waals surface area contributed by atoms with Crippen molar-refractivity contribution in [3.8, 4) is 5.75 Å². The van der Waals surface area contributed by atoms with Gasteiger partial charge in [0.25, 0.3) is 0 Å². The molecule has 3 nitrogen and oxygen atoms in total. The summed E-state index contributed by atoms with van der Waals surface area (Å²) < 4.78 is 5.26. The first-order valence-corrected chi connectivity index (χ1v) is 6.94. The molecule has 0 aliphatic heterocycles. The highest BCUT2D eigenvalue weighted by molar-refractivity contribution is 5.32. The van der Waals surface area contributed by atoms with Crippen molar-refractivity contribution in [2.24, 2.45) is 5.84 Å². The Balaban J connectivity index is 2.19. The quantitative estimate of drug-likeness (QED) is 0.626. The molecule has 0 fully saturated rings. The van der Waals surface area contributed by atoms with Crippen molar-refractivity contribution in [3.05, 3.63) is 65.2 Å². The number of aryl methyl sites for hydroxylation is 1. The Labute approximate surface area is 120 Å². The lowest BCUT2D eigenvalue weighted by Crippen LogP contribution is -2.29. The summed E-state index contributed by atoms with van der Waals surface area (Å²) in [6.45, 7) is 2.16. The fraction of sp³-hybridized carbons (Fsp3) is 0.294. The fourth-order valence-corrected chi connectivity index (χ4v) is 2.34. The van der Waals surface area contributed by atoms with Crippen LogP contribution in [0.25, 0.3) is 0 Å². The van der Waals surface area contributed by atoms with Crippen LogP contribution in [-0.2, 0) is 12.8 Å². The van der Waals surface area contributed by atoms with E-state index < -0.39 is 0 Å². The summed E-state index contributed by atoms with van der Waals surface area (Å²) in [6.07, 6.45) is 1.87. The number of nitrogens with one attached hydrogen (secondary N) is 1. The third-order valence-electron chi connectivity index (χ3n) is 3.54. The van der Waals surface area contributed by atoms with Crippen LogP contribution in [0, 0.1) is 0 Å². The van der Waals surface area contributed by atoms with E-state index >= 15 is 0 Å². The highest BCUT2D eigenvalue weighted by Gasteiger charge is 2.11. The van der Waals surface area contributed by atoms with E-state index in [1.807, 2.05) is 18.2 Å². The van der Waals surface area contributed by atoms with Gasteiger partial charge in [-0.15, -0.1) is 0 Å². The zero-order chi connectivity index (χ0) is 14.4. The van der Waals surface area contributed by atoms with Gasteiger partial charge in [-0.3, -0.25) is 11.3 Å². The molecule has 0 heterocycles. The molecule has 0 saturated carbocycles. The Morgan fingerprint density at radius 2 is 1.85 bits per heavy atom. The molecule has 106 valence electrons. The largest absolute Gasteiger partial charge is 0.497 e. The third kappa shape index (κ3) is 3.59. The first-order chi connectivity index (χ1) is 9.76. The van der Waals surface area contributed by atoms with Gasteiger partial charge in [-0.2, -0.15) is 0 Å². The minimum Gasteiger partial charge on any atom is -0.497 e. The smallest absolute Gasteiger partial charge is 0.119 e. The molecule has 1 unspecified atom stereocenters. The summed E-state index contributed by atoms with van der Waals surface area (Å²) in [5.41, 5.74) is 6.66. The number of benzene rings is 2. The maximum Gasteiger partial charge on any atom is 0.119 e. The van der Waals surface area contributed by atoms with Gasteiger partial charge >= 0.3 is 0 Å². The van der Waals surface area contributed by atoms with Crippen molar-refractivity contribution in [2.45, 2.75) is 25.8 Å². The molecule has 2 rings (SSSR count). The summed E-state index contributed by atoms with van der Waals surface area (Å²) in [7, 11) is 1.68. The Morgan fingerprint density at radius 3 is 2.55 bits per heavy atom. The van der Waals surface area contributed by atoms with Crippen molar-refractivity contribution in [1.29, 1.82) is 0 Å². The van der Waals surface area contributed by atoms with Gasteiger partial charge < -0.3 is 4.74 Å². The van der Waals surface area contributed by atoms with E-state index in [0.717, 1.165) is 18.6 Å². The second-order valence-electron chi connectivity index (χ2n) is 4.87. The Kier molecular flexibility index (Phi) is 5.16. The monoisotopic (exact) mass is 270 g/mol. The van der Waals surface area contributed by atoms with Crippen LogP contribution < -0.4 is 16.0 Å². The summed E-state index contributed by atoms with van der Waals surface area (Å²) in [6, 6.07) is 16.8. The topological polar surface area (TPSA) is 47.3 Å². The van der Waals surface area contributed by atoms with Crippen LogP contribution in [-0.4, -0.2) is 7.11 Å². The van der Waals surface area contributed by atoms with Gasteiger partial charge in [0.15, 0.2) is 0 Å². The molecule has 2 aromatic rings. The van der Waals surface area contributed by atoms with Gasteiger partial charge in [-0.1, -0.05) is 43.3 Å². The van der Waals surface area contributed by atoms with E-state index in [-0.39, 0.29) is 6.04 Å². The molecule has 1 atom stereocenters. The Bertz CT molecular complexity index is 554. The van der Waals surface area contributed by atoms with E-state index in [0.29, 0.717) is 0 Å². The van der Waals surface area contributed by atoms with E-state index in [1.54, 1.807) is 7.11 Å². The minimum absolute atomic E-state index is 0.105. The van der Waals surface area contributed by atoms with Gasteiger partial charge in [-0.25, -0.2) is 0 Å². The molecule has 0 saturated heterocycles. The lowest BCUT2D eigenvalue weighted by molar-refractivity contribution is 0.414. The molecule has 3 N–H and O–H groups in total. The number of nitrogens with two attached hydrogens (primary N) is 1. The predicted molar refractivity (Wildman–Crippen MR) is 82.6 cm³/mol. The van der Waals surface area contributed by atoms with Crippen molar-refractivity contribution >= 4 is 0 Å². The van der Waals surface area contributed by atoms with Crippen LogP contribution in [0.1, 0.15) is 29.7 Å². The standard InChI is InChI=1S/C17H22N2O/c1-3-13-6-4-8-15(10-13)17(19-18)12-14-7-5-9-16(11-14)20-2/h4-11,17,19H,3,12,18H2,1-2H3. The molecule has 3 heteroatoms. The molecule has 0 aromatic heterocycles. The van der Waals surface area contributed by atoms with Crippen LogP contribution in [0.4, 0.5) is 0 Å². The van der Waals surface area contributed by atoms with Gasteiger partial charge in [0.05, 0.1) is 7.11 Å². The first-order valence-electron chi connectivity index (χ1n) is 6.94. The second kappa shape index (κ2) is 7.08. The highest BCUT2D eigenvalue weighted by atomic mass is 16.5. The number of hydrogen-bond acceptors (Lipinski definition) is 3. The Morgan fingerprint density at radius 1 is 1.10 bits per heavy atom. The zero-order valence-electron chi connectivity index (χ0n) is 12.1. The molecule has 20 heavy (non-hydrogen) atoms. The van der Waals surface area contributed by atoms with Gasteiger partial charge in [0.2, 0.25) is 0 Å². The molecule has 0 amide bonds. The highest BCUT2D eigenvalue weighted by Crippen LogP contribution is 2.21. The van der Waals surface area contributed by atoms with E-state index in [1.165, 1.54) is 16.7 Å². The lowest BCUT2D eigenvalue weighted by Gasteiger charge is -2.17. The van der Waals surface area contributed by atoms with Crippen molar-refractivity contribution in [3.63, 3.8) is 0 Å². The van der Waals surface area contributed by atoms with Crippen LogP contribution in [0.2, 0.25) is 0 Å². The molecule has 0 radical (unpaired) electrons. The maximum atomic E-state index is 5.73. The van der Waals surface area contributed by atoms with Crippen molar-refractivity contribution < 1.29 is 4.74 Å². The molecular formula is C17H22N2O. The minimum atomic E-state index is 0.105. The van der Waals surface area contributed by atoms with E-state index in [9.17, 15) is 0 Å². The molecule has 0 aliphatic rings. The zero-order valence-corrected chi connectivity index (χ0v) is 12.1. The van der Waals surface area contributed by atoms with Crippen molar-refractivity contribution in [1.82, 2.24) is 5.43 Å². The van der Waals surface area contributed by atoms with Crippen LogP contribution >= 0.6 is 0 Å². The molecular weight excluding hydrogens is 248 g/mol. The van der Waals surface area contributed by atoms with Gasteiger partial charge in [0.1, 0.15) is 5.75 Å². The van der Waals surface area contributed by atoms with Gasteiger partial charge in [0, 0.05) is 6.04 Å². The number of rotatable bonds is 6. The molecule has 0 aliphatic carbocycles. The van der Waals surface area contributed by atoms with E-state index in [4.69, 9.17) is 10.6 Å². The molecule has 0 spiro atoms. The first kappa shape index (κ1) is 14.6. The van der Waals surface area contributed by atoms with Crippen LogP contribution in [0.5, 0.6) is 5.75 Å².